The fourth-order valence-electron chi connectivity index (χ4n) is 2.31. The van der Waals surface area contributed by atoms with Gasteiger partial charge in [0, 0.05) is 16.8 Å². The number of benzene rings is 2. The lowest BCUT2D eigenvalue weighted by atomic mass is 10.2. The van der Waals surface area contributed by atoms with Gasteiger partial charge >= 0.3 is 5.97 Å². The first-order valence-corrected chi connectivity index (χ1v) is 10.3. The van der Waals surface area contributed by atoms with Crippen LogP contribution >= 0.6 is 11.6 Å². The van der Waals surface area contributed by atoms with Crippen LogP contribution in [0.3, 0.4) is 0 Å². The van der Waals surface area contributed by atoms with Crippen LogP contribution in [0.1, 0.15) is 38.1 Å². The van der Waals surface area contributed by atoms with Crippen molar-refractivity contribution in [3.63, 3.8) is 0 Å². The minimum atomic E-state index is -3.95. The van der Waals surface area contributed by atoms with Crippen molar-refractivity contribution < 1.29 is 17.9 Å². The van der Waals surface area contributed by atoms with Gasteiger partial charge < -0.3 is 10.1 Å². The Bertz CT molecular complexity index is 910. The highest BCUT2D eigenvalue weighted by atomic mass is 35.5. The first kappa shape index (κ1) is 21.1. The molecule has 146 valence electrons. The van der Waals surface area contributed by atoms with Crippen LogP contribution in [0, 0.1) is 0 Å². The van der Waals surface area contributed by atoms with Crippen molar-refractivity contribution in [2.24, 2.45) is 0 Å². The molecule has 0 aliphatic rings. The summed E-state index contributed by atoms with van der Waals surface area (Å²) in [6, 6.07) is 10.7. The third kappa shape index (κ3) is 5.87. The summed E-state index contributed by atoms with van der Waals surface area (Å²) in [6.45, 7) is 7.24. The first-order chi connectivity index (χ1) is 12.6. The van der Waals surface area contributed by atoms with Crippen molar-refractivity contribution in [2.45, 2.75) is 44.7 Å². The van der Waals surface area contributed by atoms with E-state index in [1.54, 1.807) is 44.2 Å². The molecule has 0 amide bonds. The number of anilines is 2. The SMILES string of the molecule is CC(C)Nc1ccc(C(=O)OC(C)C)cc1S(=O)(=O)Nc1ccc(Cl)cc1. The molecule has 0 aliphatic heterocycles. The molecule has 6 nitrogen and oxygen atoms in total. The third-order valence-corrected chi connectivity index (χ3v) is 5.06. The summed E-state index contributed by atoms with van der Waals surface area (Å²) in [6.07, 6.45) is -0.307. The number of hydrogen-bond acceptors (Lipinski definition) is 5. The lowest BCUT2D eigenvalue weighted by Crippen LogP contribution is -2.19. The molecule has 0 heterocycles. The number of ether oxygens (including phenoxy) is 1. The van der Waals surface area contributed by atoms with E-state index >= 15 is 0 Å². The molecule has 8 heteroatoms. The van der Waals surface area contributed by atoms with Gasteiger partial charge in [-0.15, -0.1) is 0 Å². The van der Waals surface area contributed by atoms with E-state index in [-0.39, 0.29) is 22.6 Å². The van der Waals surface area contributed by atoms with Crippen LogP contribution in [0.15, 0.2) is 47.4 Å². The molecule has 0 fully saturated rings. The van der Waals surface area contributed by atoms with E-state index in [0.717, 1.165) is 0 Å². The molecule has 2 aromatic rings. The molecule has 2 aromatic carbocycles. The molecule has 2 N–H and O–H groups in total. The van der Waals surface area contributed by atoms with Crippen molar-refractivity contribution in [1.29, 1.82) is 0 Å². The van der Waals surface area contributed by atoms with Gasteiger partial charge in [-0.3, -0.25) is 4.72 Å². The van der Waals surface area contributed by atoms with E-state index in [0.29, 0.717) is 16.4 Å². The van der Waals surface area contributed by atoms with E-state index in [9.17, 15) is 13.2 Å². The number of nitrogens with one attached hydrogen (secondary N) is 2. The Morgan fingerprint density at radius 1 is 1.04 bits per heavy atom. The zero-order valence-corrected chi connectivity index (χ0v) is 17.2. The molecule has 0 radical (unpaired) electrons. The fourth-order valence-corrected chi connectivity index (χ4v) is 3.69. The van der Waals surface area contributed by atoms with Crippen LogP contribution in [0.25, 0.3) is 0 Å². The third-order valence-electron chi connectivity index (χ3n) is 3.39. The molecule has 2 rings (SSSR count). The molecule has 0 saturated carbocycles. The largest absolute Gasteiger partial charge is 0.459 e. The maximum absolute atomic E-state index is 12.9. The quantitative estimate of drug-likeness (QED) is 0.655. The second-order valence-electron chi connectivity index (χ2n) is 6.58. The van der Waals surface area contributed by atoms with Crippen molar-refractivity contribution in [2.75, 3.05) is 10.0 Å². The number of sulfonamides is 1. The van der Waals surface area contributed by atoms with Crippen molar-refractivity contribution >= 4 is 39.0 Å². The molecule has 0 saturated heterocycles. The van der Waals surface area contributed by atoms with Gasteiger partial charge in [-0.05, 0) is 70.2 Å². The predicted octanol–water partition coefficient (Wildman–Crippen LogP) is 4.53. The highest BCUT2D eigenvalue weighted by Crippen LogP contribution is 2.27. The second-order valence-corrected chi connectivity index (χ2v) is 8.66. The standard InChI is InChI=1S/C19H23ClN2O4S/c1-12(2)21-17-10-5-14(19(23)26-13(3)4)11-18(17)27(24,25)22-16-8-6-15(20)7-9-16/h5-13,21-22H,1-4H3. The van der Waals surface area contributed by atoms with Crippen LogP contribution in [0.4, 0.5) is 11.4 Å². The minimum Gasteiger partial charge on any atom is -0.459 e. The summed E-state index contributed by atoms with van der Waals surface area (Å²) in [5.41, 5.74) is 0.923. The number of carbonyl (C=O) groups is 1. The number of hydrogen-bond donors (Lipinski definition) is 2. The Hall–Kier alpha value is -2.25. The van der Waals surface area contributed by atoms with Crippen LogP contribution in [0.5, 0.6) is 0 Å². The second kappa shape index (κ2) is 8.63. The van der Waals surface area contributed by atoms with Crippen molar-refractivity contribution in [1.82, 2.24) is 0 Å². The Labute approximate surface area is 164 Å². The van der Waals surface area contributed by atoms with Gasteiger partial charge in [0.1, 0.15) is 4.90 Å². The average molecular weight is 411 g/mol. The highest BCUT2D eigenvalue weighted by molar-refractivity contribution is 7.92. The van der Waals surface area contributed by atoms with Crippen LogP contribution < -0.4 is 10.0 Å². The molecule has 0 spiro atoms. The zero-order chi connectivity index (χ0) is 20.2. The Morgan fingerprint density at radius 2 is 1.67 bits per heavy atom. The maximum Gasteiger partial charge on any atom is 0.338 e. The van der Waals surface area contributed by atoms with Gasteiger partial charge in [0.05, 0.1) is 17.4 Å². The molecule has 0 aromatic heterocycles. The summed E-state index contributed by atoms with van der Waals surface area (Å²) in [4.78, 5) is 12.2. The Kier molecular flexibility index (Phi) is 6.73. The zero-order valence-electron chi connectivity index (χ0n) is 15.6. The van der Waals surface area contributed by atoms with Gasteiger partial charge in [0.2, 0.25) is 0 Å². The van der Waals surface area contributed by atoms with E-state index in [2.05, 4.69) is 10.0 Å². The molecule has 0 aliphatic carbocycles. The Balaban J connectivity index is 2.45. The summed E-state index contributed by atoms with van der Waals surface area (Å²) in [7, 11) is -3.95. The Morgan fingerprint density at radius 3 is 2.22 bits per heavy atom. The van der Waals surface area contributed by atoms with E-state index in [1.165, 1.54) is 12.1 Å². The van der Waals surface area contributed by atoms with Crippen LogP contribution in [0.2, 0.25) is 5.02 Å². The van der Waals surface area contributed by atoms with Gasteiger partial charge in [0.15, 0.2) is 0 Å². The number of carbonyl (C=O) groups excluding carboxylic acids is 1. The van der Waals surface area contributed by atoms with E-state index in [4.69, 9.17) is 16.3 Å². The van der Waals surface area contributed by atoms with Gasteiger partial charge in [-0.1, -0.05) is 11.6 Å². The summed E-state index contributed by atoms with van der Waals surface area (Å²) < 4.78 is 33.6. The molecule has 27 heavy (non-hydrogen) atoms. The van der Waals surface area contributed by atoms with E-state index < -0.39 is 16.0 Å². The lowest BCUT2D eigenvalue weighted by molar-refractivity contribution is 0.0377. The van der Waals surface area contributed by atoms with Gasteiger partial charge in [-0.2, -0.15) is 0 Å². The lowest BCUT2D eigenvalue weighted by Gasteiger charge is -2.17. The van der Waals surface area contributed by atoms with Crippen molar-refractivity contribution in [3.8, 4) is 0 Å². The normalized spacial score (nSPS) is 11.5. The molecule has 0 atom stereocenters. The molecule has 0 unspecified atom stereocenters. The predicted molar refractivity (Wildman–Crippen MR) is 108 cm³/mol. The highest BCUT2D eigenvalue weighted by Gasteiger charge is 2.22. The van der Waals surface area contributed by atoms with Crippen LogP contribution in [-0.4, -0.2) is 26.5 Å². The van der Waals surface area contributed by atoms with Crippen LogP contribution in [-0.2, 0) is 14.8 Å². The first-order valence-electron chi connectivity index (χ1n) is 8.48. The number of halogens is 1. The summed E-state index contributed by atoms with van der Waals surface area (Å²) >= 11 is 5.84. The number of esters is 1. The summed E-state index contributed by atoms with van der Waals surface area (Å²) in [5.74, 6) is -0.580. The molecular weight excluding hydrogens is 388 g/mol. The maximum atomic E-state index is 12.9. The van der Waals surface area contributed by atoms with Crippen molar-refractivity contribution in [3.05, 3.63) is 53.1 Å². The smallest absolute Gasteiger partial charge is 0.338 e. The molecular formula is C19H23ClN2O4S. The fraction of sp³-hybridized carbons (Fsp3) is 0.316. The van der Waals surface area contributed by atoms with Gasteiger partial charge in [0.25, 0.3) is 10.0 Å². The number of rotatable bonds is 7. The average Bonchev–Trinajstić information content (AvgIpc) is 2.55. The summed E-state index contributed by atoms with van der Waals surface area (Å²) in [5, 5.41) is 3.59. The van der Waals surface area contributed by atoms with Gasteiger partial charge in [-0.25, -0.2) is 13.2 Å². The minimum absolute atomic E-state index is 0.00273. The monoisotopic (exact) mass is 410 g/mol. The van der Waals surface area contributed by atoms with E-state index in [1.807, 2.05) is 13.8 Å². The molecule has 0 bridgehead atoms. The topological polar surface area (TPSA) is 84.5 Å².